The summed E-state index contributed by atoms with van der Waals surface area (Å²) in [6.45, 7) is 3.04. The molecule has 4 nitrogen and oxygen atoms in total. The number of aliphatic hydroxyl groups is 1. The predicted molar refractivity (Wildman–Crippen MR) is 71.7 cm³/mol. The molecule has 112 valence electrons. The van der Waals surface area contributed by atoms with Gasteiger partial charge in [-0.05, 0) is 38.1 Å². The first-order chi connectivity index (χ1) is 9.78. The number of nitrogens with one attached hydrogen (secondary N) is 1. The number of carbonyl (C=O) groups excluding carboxylic acids is 1. The van der Waals surface area contributed by atoms with Crippen LogP contribution in [0, 0.1) is 18.6 Å². The molecule has 2 aromatic rings. The zero-order valence-electron chi connectivity index (χ0n) is 11.6. The van der Waals surface area contributed by atoms with E-state index < -0.39 is 23.1 Å². The van der Waals surface area contributed by atoms with Crippen molar-refractivity contribution < 1.29 is 23.1 Å². The van der Waals surface area contributed by atoms with E-state index in [9.17, 15) is 18.7 Å². The minimum atomic E-state index is -1.42. The first-order valence-corrected chi connectivity index (χ1v) is 6.31. The summed E-state index contributed by atoms with van der Waals surface area (Å²) in [4.78, 5) is 11.8. The van der Waals surface area contributed by atoms with Crippen molar-refractivity contribution >= 4 is 5.91 Å². The number of amides is 1. The molecule has 0 saturated heterocycles. The monoisotopic (exact) mass is 295 g/mol. The second kappa shape index (κ2) is 5.65. The third-order valence-electron chi connectivity index (χ3n) is 2.99. The van der Waals surface area contributed by atoms with Crippen molar-refractivity contribution in [2.75, 3.05) is 6.54 Å². The van der Waals surface area contributed by atoms with Crippen LogP contribution < -0.4 is 5.32 Å². The lowest BCUT2D eigenvalue weighted by Crippen LogP contribution is -2.38. The zero-order valence-corrected chi connectivity index (χ0v) is 11.6. The first kappa shape index (κ1) is 15.2. The van der Waals surface area contributed by atoms with E-state index in [1.807, 2.05) is 0 Å². The van der Waals surface area contributed by atoms with Gasteiger partial charge in [-0.25, -0.2) is 8.78 Å². The van der Waals surface area contributed by atoms with Crippen molar-refractivity contribution in [2.24, 2.45) is 0 Å². The smallest absolute Gasteiger partial charge is 0.251 e. The second-order valence-electron chi connectivity index (χ2n) is 5.02. The highest BCUT2D eigenvalue weighted by molar-refractivity contribution is 5.94. The number of rotatable bonds is 4. The van der Waals surface area contributed by atoms with Crippen LogP contribution in [0.2, 0.25) is 0 Å². The number of furan rings is 1. The Morgan fingerprint density at radius 2 is 1.90 bits per heavy atom. The van der Waals surface area contributed by atoms with Crippen LogP contribution in [-0.2, 0) is 5.60 Å². The van der Waals surface area contributed by atoms with Gasteiger partial charge in [0.15, 0.2) is 0 Å². The number of hydrogen-bond donors (Lipinski definition) is 2. The third-order valence-corrected chi connectivity index (χ3v) is 2.99. The zero-order chi connectivity index (χ0) is 15.6. The molecule has 2 N–H and O–H groups in total. The predicted octanol–water partition coefficient (Wildman–Crippen LogP) is 2.50. The molecule has 1 aromatic heterocycles. The van der Waals surface area contributed by atoms with Crippen molar-refractivity contribution in [3.8, 4) is 0 Å². The molecule has 1 aromatic carbocycles. The van der Waals surface area contributed by atoms with E-state index in [-0.39, 0.29) is 12.1 Å². The summed E-state index contributed by atoms with van der Waals surface area (Å²) in [5, 5.41) is 12.7. The Morgan fingerprint density at radius 3 is 2.43 bits per heavy atom. The van der Waals surface area contributed by atoms with E-state index >= 15 is 0 Å². The molecule has 1 amide bonds. The Hall–Kier alpha value is -2.21. The van der Waals surface area contributed by atoms with Gasteiger partial charge in [-0.1, -0.05) is 0 Å². The summed E-state index contributed by atoms with van der Waals surface area (Å²) in [6.07, 6.45) is 0. The Morgan fingerprint density at radius 1 is 1.29 bits per heavy atom. The molecule has 0 aliphatic rings. The maximum Gasteiger partial charge on any atom is 0.251 e. The van der Waals surface area contributed by atoms with Gasteiger partial charge >= 0.3 is 0 Å². The van der Waals surface area contributed by atoms with Crippen LogP contribution >= 0.6 is 0 Å². The molecular formula is C15H15F2NO3. The summed E-state index contributed by atoms with van der Waals surface area (Å²) in [5.74, 6) is -1.44. The molecule has 0 fully saturated rings. The molecule has 0 bridgehead atoms. The SMILES string of the molecule is Cc1ccc(C(C)(O)CNC(=O)c2cc(F)cc(F)c2)o1. The summed E-state index contributed by atoms with van der Waals surface area (Å²) in [7, 11) is 0. The molecule has 0 aliphatic carbocycles. The molecule has 6 heteroatoms. The maximum absolute atomic E-state index is 13.0. The lowest BCUT2D eigenvalue weighted by molar-refractivity contribution is 0.0323. The molecule has 0 radical (unpaired) electrons. The lowest BCUT2D eigenvalue weighted by atomic mass is 10.0. The van der Waals surface area contributed by atoms with E-state index in [1.54, 1.807) is 19.1 Å². The van der Waals surface area contributed by atoms with Crippen LogP contribution in [0.1, 0.15) is 28.8 Å². The Bertz CT molecular complexity index is 644. The molecule has 21 heavy (non-hydrogen) atoms. The molecule has 0 aliphatic heterocycles. The molecule has 0 spiro atoms. The van der Waals surface area contributed by atoms with Gasteiger partial charge in [-0.3, -0.25) is 4.79 Å². The standard InChI is InChI=1S/C15H15F2NO3/c1-9-3-4-13(21-9)15(2,20)8-18-14(19)10-5-11(16)7-12(17)6-10/h3-7,20H,8H2,1-2H3,(H,18,19). The number of halogens is 2. The normalized spacial score (nSPS) is 13.8. The van der Waals surface area contributed by atoms with Crippen LogP contribution in [0.25, 0.3) is 0 Å². The minimum Gasteiger partial charge on any atom is -0.463 e. The fourth-order valence-electron chi connectivity index (χ4n) is 1.85. The van der Waals surface area contributed by atoms with Gasteiger partial charge in [-0.2, -0.15) is 0 Å². The van der Waals surface area contributed by atoms with Crippen molar-refractivity contribution in [2.45, 2.75) is 19.4 Å². The highest BCUT2D eigenvalue weighted by Crippen LogP contribution is 2.22. The Labute approximate surface area is 120 Å². The summed E-state index contributed by atoms with van der Waals surface area (Å²) >= 11 is 0. The van der Waals surface area contributed by atoms with Crippen LogP contribution in [0.15, 0.2) is 34.7 Å². The topological polar surface area (TPSA) is 62.5 Å². The Kier molecular flexibility index (Phi) is 4.09. The molecule has 1 atom stereocenters. The molecular weight excluding hydrogens is 280 g/mol. The van der Waals surface area contributed by atoms with Crippen LogP contribution in [0.3, 0.4) is 0 Å². The second-order valence-corrected chi connectivity index (χ2v) is 5.02. The first-order valence-electron chi connectivity index (χ1n) is 6.31. The maximum atomic E-state index is 13.0. The largest absolute Gasteiger partial charge is 0.463 e. The minimum absolute atomic E-state index is 0.154. The van der Waals surface area contributed by atoms with Crippen molar-refractivity contribution in [1.82, 2.24) is 5.32 Å². The van der Waals surface area contributed by atoms with Crippen molar-refractivity contribution in [1.29, 1.82) is 0 Å². The van der Waals surface area contributed by atoms with E-state index in [1.165, 1.54) is 6.92 Å². The fraction of sp³-hybridized carbons (Fsp3) is 0.267. The Balaban J connectivity index is 2.06. The van der Waals surface area contributed by atoms with Gasteiger partial charge in [0.2, 0.25) is 0 Å². The summed E-state index contributed by atoms with van der Waals surface area (Å²) in [6, 6.07) is 5.81. The van der Waals surface area contributed by atoms with Gasteiger partial charge < -0.3 is 14.8 Å². The third kappa shape index (κ3) is 3.66. The van der Waals surface area contributed by atoms with Gasteiger partial charge in [-0.15, -0.1) is 0 Å². The van der Waals surface area contributed by atoms with Crippen molar-refractivity contribution in [3.05, 3.63) is 59.1 Å². The van der Waals surface area contributed by atoms with E-state index in [0.717, 1.165) is 12.1 Å². The number of carbonyl (C=O) groups is 1. The van der Waals surface area contributed by atoms with E-state index in [2.05, 4.69) is 5.32 Å². The van der Waals surface area contributed by atoms with Gasteiger partial charge in [0.05, 0.1) is 6.54 Å². The van der Waals surface area contributed by atoms with Crippen molar-refractivity contribution in [3.63, 3.8) is 0 Å². The highest BCUT2D eigenvalue weighted by Gasteiger charge is 2.27. The number of aryl methyl sites for hydroxylation is 1. The van der Waals surface area contributed by atoms with Gasteiger partial charge in [0, 0.05) is 11.6 Å². The fourth-order valence-corrected chi connectivity index (χ4v) is 1.85. The van der Waals surface area contributed by atoms with Gasteiger partial charge in [0.1, 0.15) is 28.8 Å². The van der Waals surface area contributed by atoms with Crippen LogP contribution in [-0.4, -0.2) is 17.6 Å². The molecule has 0 saturated carbocycles. The molecule has 1 heterocycles. The average Bonchev–Trinajstić information content (AvgIpc) is 2.82. The lowest BCUT2D eigenvalue weighted by Gasteiger charge is -2.21. The van der Waals surface area contributed by atoms with Crippen LogP contribution in [0.5, 0.6) is 0 Å². The number of benzene rings is 1. The van der Waals surface area contributed by atoms with Crippen LogP contribution in [0.4, 0.5) is 8.78 Å². The van der Waals surface area contributed by atoms with Gasteiger partial charge in [0.25, 0.3) is 5.91 Å². The average molecular weight is 295 g/mol. The summed E-state index contributed by atoms with van der Waals surface area (Å²) < 4.78 is 31.4. The molecule has 2 rings (SSSR count). The summed E-state index contributed by atoms with van der Waals surface area (Å²) in [5.41, 5.74) is -1.57. The van der Waals surface area contributed by atoms with E-state index in [0.29, 0.717) is 17.6 Å². The highest BCUT2D eigenvalue weighted by atomic mass is 19.1. The quantitative estimate of drug-likeness (QED) is 0.911. The number of hydrogen-bond acceptors (Lipinski definition) is 3. The van der Waals surface area contributed by atoms with E-state index in [4.69, 9.17) is 4.42 Å². The molecule has 1 unspecified atom stereocenters.